The van der Waals surface area contributed by atoms with Crippen molar-refractivity contribution in [1.29, 1.82) is 0 Å². The Bertz CT molecular complexity index is 284. The molecule has 0 amide bonds. The highest BCUT2D eigenvalue weighted by Gasteiger charge is 2.25. The number of rotatable bonds is 4. The van der Waals surface area contributed by atoms with E-state index in [0.29, 0.717) is 0 Å². The topological polar surface area (TPSA) is 25.2 Å². The molecule has 0 aliphatic rings. The lowest BCUT2D eigenvalue weighted by Gasteiger charge is -2.33. The van der Waals surface area contributed by atoms with Crippen LogP contribution in [0.15, 0.2) is 12.1 Å². The van der Waals surface area contributed by atoms with Crippen molar-refractivity contribution >= 4 is 0 Å². The summed E-state index contributed by atoms with van der Waals surface area (Å²) < 4.78 is 2.34. The molecule has 0 radical (unpaired) electrons. The van der Waals surface area contributed by atoms with Gasteiger partial charge in [0.2, 0.25) is 0 Å². The molecule has 1 aromatic heterocycles. The van der Waals surface area contributed by atoms with Crippen molar-refractivity contribution in [2.75, 3.05) is 6.61 Å². The number of nitrogens with zero attached hydrogens (tertiary/aromatic N) is 1. The van der Waals surface area contributed by atoms with E-state index in [0.717, 1.165) is 12.8 Å². The van der Waals surface area contributed by atoms with E-state index in [1.165, 1.54) is 11.4 Å². The van der Waals surface area contributed by atoms with Gasteiger partial charge < -0.3 is 9.67 Å². The van der Waals surface area contributed by atoms with Gasteiger partial charge in [0.1, 0.15) is 0 Å². The van der Waals surface area contributed by atoms with Crippen LogP contribution in [0.2, 0.25) is 0 Å². The second kappa shape index (κ2) is 4.18. The molecular weight excluding hydrogens is 174 g/mol. The zero-order valence-electron chi connectivity index (χ0n) is 9.67. The van der Waals surface area contributed by atoms with Crippen LogP contribution < -0.4 is 0 Å². The molecule has 1 atom stereocenters. The average Bonchev–Trinajstić information content (AvgIpc) is 2.47. The molecular formula is C12H21NO. The molecule has 0 spiro atoms. The van der Waals surface area contributed by atoms with E-state index in [1.807, 2.05) is 0 Å². The second-order valence-corrected chi connectivity index (χ2v) is 4.28. The summed E-state index contributed by atoms with van der Waals surface area (Å²) in [7, 11) is 0. The molecule has 0 saturated heterocycles. The van der Waals surface area contributed by atoms with E-state index in [9.17, 15) is 0 Å². The van der Waals surface area contributed by atoms with E-state index >= 15 is 0 Å². The van der Waals surface area contributed by atoms with Crippen LogP contribution in [0, 0.1) is 13.8 Å². The molecule has 1 N–H and O–H groups in total. The lowest BCUT2D eigenvalue weighted by atomic mass is 9.94. The Morgan fingerprint density at radius 3 is 2.14 bits per heavy atom. The van der Waals surface area contributed by atoms with Crippen molar-refractivity contribution in [3.05, 3.63) is 23.5 Å². The Balaban J connectivity index is 3.11. The summed E-state index contributed by atoms with van der Waals surface area (Å²) >= 11 is 0. The summed E-state index contributed by atoms with van der Waals surface area (Å²) in [5.74, 6) is 0. The number of aliphatic hydroxyl groups excluding tert-OH is 1. The number of hydrogen-bond donors (Lipinski definition) is 1. The summed E-state index contributed by atoms with van der Waals surface area (Å²) in [6.45, 7) is 8.88. The van der Waals surface area contributed by atoms with E-state index < -0.39 is 0 Å². The third-order valence-corrected chi connectivity index (χ3v) is 3.22. The minimum atomic E-state index is 0.0619. The second-order valence-electron chi connectivity index (χ2n) is 4.28. The van der Waals surface area contributed by atoms with E-state index in [1.54, 1.807) is 0 Å². The summed E-state index contributed by atoms with van der Waals surface area (Å²) in [5.41, 5.74) is 2.62. The van der Waals surface area contributed by atoms with Gasteiger partial charge in [-0.15, -0.1) is 0 Å². The van der Waals surface area contributed by atoms with Gasteiger partial charge >= 0.3 is 0 Å². The fourth-order valence-electron chi connectivity index (χ4n) is 2.21. The Morgan fingerprint density at radius 2 is 1.79 bits per heavy atom. The molecule has 1 rings (SSSR count). The molecule has 1 heterocycles. The maximum Gasteiger partial charge on any atom is 0.0453 e. The van der Waals surface area contributed by atoms with Crippen molar-refractivity contribution < 1.29 is 5.11 Å². The van der Waals surface area contributed by atoms with Crippen LogP contribution in [-0.2, 0) is 5.54 Å². The van der Waals surface area contributed by atoms with Gasteiger partial charge in [0.15, 0.2) is 0 Å². The predicted octanol–water partition coefficient (Wildman–Crippen LogP) is 2.61. The van der Waals surface area contributed by atoms with Crippen molar-refractivity contribution in [3.63, 3.8) is 0 Å². The number of aliphatic hydroxyl groups is 1. The van der Waals surface area contributed by atoms with Crippen LogP contribution in [-0.4, -0.2) is 16.3 Å². The van der Waals surface area contributed by atoms with Crippen molar-refractivity contribution in [1.82, 2.24) is 4.57 Å². The minimum absolute atomic E-state index is 0.0619. The molecule has 0 saturated carbocycles. The fraction of sp³-hybridized carbons (Fsp3) is 0.667. The summed E-state index contributed by atoms with van der Waals surface area (Å²) in [5, 5.41) is 9.10. The predicted molar refractivity (Wildman–Crippen MR) is 59.5 cm³/mol. The van der Waals surface area contributed by atoms with Crippen molar-refractivity contribution in [2.45, 2.75) is 46.1 Å². The molecule has 0 fully saturated rings. The van der Waals surface area contributed by atoms with E-state index in [-0.39, 0.29) is 12.1 Å². The first-order valence-electron chi connectivity index (χ1n) is 5.31. The number of hydrogen-bond acceptors (Lipinski definition) is 1. The van der Waals surface area contributed by atoms with Crippen LogP contribution in [0.1, 0.15) is 38.1 Å². The third-order valence-electron chi connectivity index (χ3n) is 3.22. The molecule has 0 bridgehead atoms. The SMILES string of the molecule is CCC(C)(CCO)n1c(C)ccc1C. The van der Waals surface area contributed by atoms with Gasteiger partial charge in [-0.3, -0.25) is 0 Å². The van der Waals surface area contributed by atoms with Crippen LogP contribution in [0.5, 0.6) is 0 Å². The zero-order valence-corrected chi connectivity index (χ0v) is 9.67. The molecule has 0 aliphatic carbocycles. The first-order valence-corrected chi connectivity index (χ1v) is 5.31. The highest BCUT2D eigenvalue weighted by Crippen LogP contribution is 2.28. The van der Waals surface area contributed by atoms with Gasteiger partial charge in [0.05, 0.1) is 0 Å². The maximum absolute atomic E-state index is 9.10. The monoisotopic (exact) mass is 195 g/mol. The summed E-state index contributed by atoms with van der Waals surface area (Å²) in [4.78, 5) is 0. The molecule has 80 valence electrons. The highest BCUT2D eigenvalue weighted by atomic mass is 16.3. The smallest absolute Gasteiger partial charge is 0.0453 e. The minimum Gasteiger partial charge on any atom is -0.396 e. The summed E-state index contributed by atoms with van der Waals surface area (Å²) in [6.07, 6.45) is 1.86. The summed E-state index contributed by atoms with van der Waals surface area (Å²) in [6, 6.07) is 4.28. The standard InChI is InChI=1S/C12H21NO/c1-5-12(4,8-9-14)13-10(2)6-7-11(13)3/h6-7,14H,5,8-9H2,1-4H3. The van der Waals surface area contributed by atoms with E-state index in [2.05, 4.69) is 44.4 Å². The molecule has 0 aliphatic heterocycles. The zero-order chi connectivity index (χ0) is 10.8. The normalized spacial score (nSPS) is 15.5. The fourth-order valence-corrected chi connectivity index (χ4v) is 2.21. The van der Waals surface area contributed by atoms with Crippen LogP contribution in [0.4, 0.5) is 0 Å². The Morgan fingerprint density at radius 1 is 1.29 bits per heavy atom. The number of aromatic nitrogens is 1. The van der Waals surface area contributed by atoms with Crippen LogP contribution >= 0.6 is 0 Å². The lowest BCUT2D eigenvalue weighted by molar-refractivity contribution is 0.190. The van der Waals surface area contributed by atoms with Crippen molar-refractivity contribution in [2.24, 2.45) is 0 Å². The van der Waals surface area contributed by atoms with Gasteiger partial charge in [0.25, 0.3) is 0 Å². The highest BCUT2D eigenvalue weighted by molar-refractivity contribution is 5.17. The van der Waals surface area contributed by atoms with Gasteiger partial charge in [-0.05, 0) is 45.7 Å². The van der Waals surface area contributed by atoms with E-state index in [4.69, 9.17) is 5.11 Å². The largest absolute Gasteiger partial charge is 0.396 e. The van der Waals surface area contributed by atoms with Gasteiger partial charge in [-0.1, -0.05) is 6.92 Å². The average molecular weight is 195 g/mol. The third kappa shape index (κ3) is 1.85. The molecule has 2 nitrogen and oxygen atoms in total. The lowest BCUT2D eigenvalue weighted by Crippen LogP contribution is -2.32. The molecule has 1 unspecified atom stereocenters. The number of aryl methyl sites for hydroxylation is 2. The molecule has 0 aromatic carbocycles. The van der Waals surface area contributed by atoms with Gasteiger partial charge in [0, 0.05) is 23.5 Å². The van der Waals surface area contributed by atoms with Crippen molar-refractivity contribution in [3.8, 4) is 0 Å². The Labute approximate surface area is 86.6 Å². The quantitative estimate of drug-likeness (QED) is 0.785. The first-order chi connectivity index (χ1) is 6.55. The van der Waals surface area contributed by atoms with Gasteiger partial charge in [-0.25, -0.2) is 0 Å². The van der Waals surface area contributed by atoms with Gasteiger partial charge in [-0.2, -0.15) is 0 Å². The Hall–Kier alpha value is -0.760. The Kier molecular flexibility index (Phi) is 3.38. The molecule has 1 aromatic rings. The molecule has 2 heteroatoms. The molecule has 14 heavy (non-hydrogen) atoms. The van der Waals surface area contributed by atoms with Crippen LogP contribution in [0.25, 0.3) is 0 Å². The first kappa shape index (κ1) is 11.3. The maximum atomic E-state index is 9.10. The van der Waals surface area contributed by atoms with Crippen LogP contribution in [0.3, 0.4) is 0 Å².